The van der Waals surface area contributed by atoms with Crippen molar-refractivity contribution in [3.8, 4) is 11.5 Å². The van der Waals surface area contributed by atoms with E-state index in [1.54, 1.807) is 33.8 Å². The Morgan fingerprint density at radius 1 is 0.821 bits per heavy atom. The van der Waals surface area contributed by atoms with Crippen LogP contribution >= 0.6 is 0 Å². The third kappa shape index (κ3) is 11.1. The van der Waals surface area contributed by atoms with Gasteiger partial charge in [-0.2, -0.15) is 0 Å². The predicted molar refractivity (Wildman–Crippen MR) is 142 cm³/mol. The summed E-state index contributed by atoms with van der Waals surface area (Å²) in [5.41, 5.74) is 5.28. The average Bonchev–Trinajstić information content (AvgIpc) is 2.84. The normalized spacial score (nSPS) is 14.3. The van der Waals surface area contributed by atoms with Crippen LogP contribution in [0.5, 0.6) is 11.5 Å². The summed E-state index contributed by atoms with van der Waals surface area (Å²) >= 11 is 0. The van der Waals surface area contributed by atoms with Crippen LogP contribution < -0.4 is 15.2 Å². The second-order valence-electron chi connectivity index (χ2n) is 10.5. The Balaban J connectivity index is 3.25. The molecule has 3 atom stereocenters. The van der Waals surface area contributed by atoms with Crippen LogP contribution in [-0.4, -0.2) is 55.7 Å². The van der Waals surface area contributed by atoms with Crippen molar-refractivity contribution in [3.05, 3.63) is 23.8 Å². The first-order valence-electron chi connectivity index (χ1n) is 13.0. The van der Waals surface area contributed by atoms with Gasteiger partial charge in [-0.1, -0.05) is 47.6 Å². The molecule has 0 bridgehead atoms. The van der Waals surface area contributed by atoms with E-state index in [9.17, 15) is 19.2 Å². The van der Waals surface area contributed by atoms with Crippen LogP contribution in [0.2, 0.25) is 0 Å². The van der Waals surface area contributed by atoms with Gasteiger partial charge in [-0.3, -0.25) is 9.59 Å². The summed E-state index contributed by atoms with van der Waals surface area (Å²) in [7, 11) is 1.20. The largest absolute Gasteiger partial charge is 0.514 e. The molecule has 0 saturated carbocycles. The fourth-order valence-corrected chi connectivity index (χ4v) is 2.96. The number of methoxy groups -OCH3 is 1. The van der Waals surface area contributed by atoms with Crippen molar-refractivity contribution < 1.29 is 47.6 Å². The van der Waals surface area contributed by atoms with Crippen LogP contribution in [0.15, 0.2) is 18.2 Å². The van der Waals surface area contributed by atoms with E-state index in [2.05, 4.69) is 0 Å². The summed E-state index contributed by atoms with van der Waals surface area (Å²) < 4.78 is 31.3. The summed E-state index contributed by atoms with van der Waals surface area (Å²) in [5.74, 6) is -1.62. The minimum Gasteiger partial charge on any atom is -0.468 e. The van der Waals surface area contributed by atoms with Gasteiger partial charge < -0.3 is 34.2 Å². The van der Waals surface area contributed by atoms with Crippen molar-refractivity contribution >= 4 is 24.2 Å². The molecule has 11 heteroatoms. The van der Waals surface area contributed by atoms with Crippen molar-refractivity contribution in [2.75, 3.05) is 13.7 Å². The Bertz CT molecular complexity index is 991. The molecule has 0 spiro atoms. The lowest BCUT2D eigenvalue weighted by atomic mass is 9.88. The van der Waals surface area contributed by atoms with Gasteiger partial charge in [0.1, 0.15) is 17.7 Å². The van der Waals surface area contributed by atoms with Crippen LogP contribution in [0.1, 0.15) is 67.4 Å². The lowest BCUT2D eigenvalue weighted by Crippen LogP contribution is -2.51. The molecule has 0 fully saturated rings. The Kier molecular flexibility index (Phi) is 13.2. The second-order valence-corrected chi connectivity index (χ2v) is 10.5. The van der Waals surface area contributed by atoms with E-state index in [-0.39, 0.29) is 48.7 Å². The van der Waals surface area contributed by atoms with Crippen molar-refractivity contribution in [3.63, 3.8) is 0 Å². The molecule has 0 radical (unpaired) electrons. The maximum Gasteiger partial charge on any atom is 0.514 e. The highest BCUT2D eigenvalue weighted by molar-refractivity contribution is 5.81. The molecule has 11 nitrogen and oxygen atoms in total. The molecule has 0 saturated heterocycles. The van der Waals surface area contributed by atoms with Crippen LogP contribution in [-0.2, 0) is 35.0 Å². The number of ether oxygens (including phenoxy) is 6. The maximum absolute atomic E-state index is 12.6. The lowest BCUT2D eigenvalue weighted by Gasteiger charge is -2.27. The van der Waals surface area contributed by atoms with Gasteiger partial charge in [-0.15, -0.1) is 0 Å². The van der Waals surface area contributed by atoms with E-state index in [4.69, 9.17) is 34.2 Å². The number of carbonyl (C=O) groups is 4. The monoisotopic (exact) mass is 553 g/mol. The highest BCUT2D eigenvalue weighted by Gasteiger charge is 2.36. The number of nitrogens with two attached hydrogens (primary N) is 1. The third-order valence-electron chi connectivity index (χ3n) is 6.21. The number of carbonyl (C=O) groups excluding carboxylic acids is 4. The van der Waals surface area contributed by atoms with E-state index in [1.165, 1.54) is 19.2 Å². The van der Waals surface area contributed by atoms with Crippen LogP contribution in [0.3, 0.4) is 0 Å². The number of rotatable bonds is 13. The van der Waals surface area contributed by atoms with Gasteiger partial charge >= 0.3 is 24.2 Å². The molecule has 0 heterocycles. The molecule has 39 heavy (non-hydrogen) atoms. The van der Waals surface area contributed by atoms with Crippen LogP contribution in [0.25, 0.3) is 0 Å². The smallest absolute Gasteiger partial charge is 0.468 e. The average molecular weight is 554 g/mol. The number of esters is 2. The Morgan fingerprint density at radius 2 is 1.33 bits per heavy atom. The number of hydrogen-bond donors (Lipinski definition) is 1. The summed E-state index contributed by atoms with van der Waals surface area (Å²) in [4.78, 5) is 49.3. The Labute approximate surface area is 230 Å². The maximum atomic E-state index is 12.6. The molecule has 1 rings (SSSR count). The van der Waals surface area contributed by atoms with E-state index < -0.39 is 42.0 Å². The molecule has 0 aliphatic rings. The highest BCUT2D eigenvalue weighted by Crippen LogP contribution is 2.32. The van der Waals surface area contributed by atoms with E-state index >= 15 is 0 Å². The topological polar surface area (TPSA) is 150 Å². The molecular formula is C28H43NO10. The van der Waals surface area contributed by atoms with E-state index in [0.717, 1.165) is 0 Å². The first-order valence-corrected chi connectivity index (χ1v) is 13.0. The number of hydrogen-bond acceptors (Lipinski definition) is 11. The molecule has 0 aromatic heterocycles. The Morgan fingerprint density at radius 3 is 1.79 bits per heavy atom. The molecule has 0 amide bonds. The molecular weight excluding hydrogens is 510 g/mol. The van der Waals surface area contributed by atoms with E-state index in [1.807, 2.05) is 27.7 Å². The minimum atomic E-state index is -1.57. The van der Waals surface area contributed by atoms with Gasteiger partial charge in [0.25, 0.3) is 0 Å². The zero-order valence-corrected chi connectivity index (χ0v) is 24.4. The minimum absolute atomic E-state index is 0.0278. The summed E-state index contributed by atoms with van der Waals surface area (Å²) in [5, 5.41) is 0. The molecule has 0 aliphatic carbocycles. The molecule has 1 aromatic carbocycles. The van der Waals surface area contributed by atoms with Gasteiger partial charge in [0, 0.05) is 12.8 Å². The fraction of sp³-hybridized carbons (Fsp3) is 0.643. The molecule has 3 unspecified atom stereocenters. The standard InChI is InChI=1S/C28H43NO10/c1-16(2)19(7)36-26(32)38-22-11-10-21(14-23(22)39-27(33)37-20(8)17(3)4)15-28(29,25(31)34-9)12-13-35-24(30)18(5)6/h10-11,14,16-20H,12-13,15,29H2,1-9H3. The van der Waals surface area contributed by atoms with Gasteiger partial charge in [-0.25, -0.2) is 9.59 Å². The zero-order chi connectivity index (χ0) is 29.9. The summed E-state index contributed by atoms with van der Waals surface area (Å²) in [6.45, 7) is 14.3. The predicted octanol–water partition coefficient (Wildman–Crippen LogP) is 4.81. The summed E-state index contributed by atoms with van der Waals surface area (Å²) in [6, 6.07) is 4.34. The van der Waals surface area contributed by atoms with Crippen molar-refractivity contribution in [1.29, 1.82) is 0 Å². The second kappa shape index (κ2) is 15.3. The quantitative estimate of drug-likeness (QED) is 0.204. The molecule has 1 aromatic rings. The van der Waals surface area contributed by atoms with E-state index in [0.29, 0.717) is 5.56 Å². The van der Waals surface area contributed by atoms with Crippen molar-refractivity contribution in [2.24, 2.45) is 23.5 Å². The van der Waals surface area contributed by atoms with Crippen molar-refractivity contribution in [2.45, 2.75) is 86.0 Å². The van der Waals surface area contributed by atoms with Gasteiger partial charge in [0.15, 0.2) is 11.5 Å². The molecule has 2 N–H and O–H groups in total. The number of benzene rings is 1. The highest BCUT2D eigenvalue weighted by atomic mass is 16.8. The van der Waals surface area contributed by atoms with Crippen molar-refractivity contribution in [1.82, 2.24) is 0 Å². The molecule has 220 valence electrons. The first-order chi connectivity index (χ1) is 18.1. The third-order valence-corrected chi connectivity index (χ3v) is 6.21. The fourth-order valence-electron chi connectivity index (χ4n) is 2.96. The Hall–Kier alpha value is -3.34. The van der Waals surface area contributed by atoms with Crippen LogP contribution in [0, 0.1) is 17.8 Å². The SMILES string of the molecule is COC(=O)C(N)(CCOC(=O)C(C)C)Cc1ccc(OC(=O)OC(C)C(C)C)c(OC(=O)OC(C)C(C)C)c1. The lowest BCUT2D eigenvalue weighted by molar-refractivity contribution is -0.152. The summed E-state index contributed by atoms with van der Waals surface area (Å²) in [6.07, 6.45) is -2.93. The van der Waals surface area contributed by atoms with Gasteiger partial charge in [0.05, 0.1) is 19.6 Å². The van der Waals surface area contributed by atoms with Crippen LogP contribution in [0.4, 0.5) is 9.59 Å². The molecule has 0 aliphatic heterocycles. The van der Waals surface area contributed by atoms with Gasteiger partial charge in [-0.05, 0) is 43.4 Å². The first kappa shape index (κ1) is 33.7. The zero-order valence-electron chi connectivity index (χ0n) is 24.4. The van der Waals surface area contributed by atoms with Gasteiger partial charge in [0.2, 0.25) is 0 Å².